The van der Waals surface area contributed by atoms with E-state index in [9.17, 15) is 9.59 Å². The average Bonchev–Trinajstić information content (AvgIpc) is 2.99. The van der Waals surface area contributed by atoms with E-state index in [1.807, 2.05) is 49.7 Å². The van der Waals surface area contributed by atoms with Crippen molar-refractivity contribution in [2.75, 3.05) is 18.9 Å². The van der Waals surface area contributed by atoms with Crippen molar-refractivity contribution in [2.24, 2.45) is 0 Å². The quantitative estimate of drug-likeness (QED) is 0.699. The van der Waals surface area contributed by atoms with Crippen LogP contribution in [0.15, 0.2) is 39.5 Å². The number of anilines is 1. The Morgan fingerprint density at radius 1 is 1.20 bits per heavy atom. The molecule has 0 unspecified atom stereocenters. The van der Waals surface area contributed by atoms with Crippen molar-refractivity contribution in [2.45, 2.75) is 26.3 Å². The molecule has 134 valence electrons. The van der Waals surface area contributed by atoms with E-state index in [4.69, 9.17) is 0 Å². The second-order valence-electron chi connectivity index (χ2n) is 5.76. The SMILES string of the molecule is CCCNC(=O)Nc1ccc(CC(=O)N(C)Cc2csc(Br)c2)cc1. The number of benzene rings is 1. The summed E-state index contributed by atoms with van der Waals surface area (Å²) >= 11 is 5.04. The van der Waals surface area contributed by atoms with Crippen LogP contribution in [0.3, 0.4) is 0 Å². The minimum Gasteiger partial charge on any atom is -0.341 e. The Kier molecular flexibility index (Phi) is 7.46. The molecule has 0 atom stereocenters. The maximum absolute atomic E-state index is 12.3. The van der Waals surface area contributed by atoms with Crippen LogP contribution in [0.25, 0.3) is 0 Å². The maximum atomic E-state index is 12.3. The van der Waals surface area contributed by atoms with Gasteiger partial charge in [0.2, 0.25) is 5.91 Å². The van der Waals surface area contributed by atoms with Crippen molar-refractivity contribution >= 4 is 44.9 Å². The third-order valence-corrected chi connectivity index (χ3v) is 5.12. The lowest BCUT2D eigenvalue weighted by molar-refractivity contribution is -0.129. The molecule has 1 aromatic heterocycles. The predicted molar refractivity (Wildman–Crippen MR) is 106 cm³/mol. The molecular weight excluding hydrogens is 402 g/mol. The summed E-state index contributed by atoms with van der Waals surface area (Å²) in [6, 6.07) is 9.16. The Hall–Kier alpha value is -1.86. The molecule has 7 heteroatoms. The topological polar surface area (TPSA) is 61.4 Å². The highest BCUT2D eigenvalue weighted by molar-refractivity contribution is 9.11. The van der Waals surface area contributed by atoms with E-state index in [1.54, 1.807) is 16.2 Å². The summed E-state index contributed by atoms with van der Waals surface area (Å²) in [5.74, 6) is 0.0590. The highest BCUT2D eigenvalue weighted by Gasteiger charge is 2.11. The molecule has 2 aromatic rings. The van der Waals surface area contributed by atoms with E-state index in [-0.39, 0.29) is 11.9 Å². The second-order valence-corrected chi connectivity index (χ2v) is 8.05. The summed E-state index contributed by atoms with van der Waals surface area (Å²) in [6.07, 6.45) is 1.23. The van der Waals surface area contributed by atoms with Crippen molar-refractivity contribution in [1.29, 1.82) is 0 Å². The predicted octanol–water partition coefficient (Wildman–Crippen LogP) is 4.24. The largest absolute Gasteiger partial charge is 0.341 e. The van der Waals surface area contributed by atoms with Gasteiger partial charge in [-0.25, -0.2) is 4.79 Å². The number of nitrogens with one attached hydrogen (secondary N) is 2. The van der Waals surface area contributed by atoms with Gasteiger partial charge in [-0.3, -0.25) is 4.79 Å². The van der Waals surface area contributed by atoms with Gasteiger partial charge in [0.15, 0.2) is 0 Å². The smallest absolute Gasteiger partial charge is 0.319 e. The van der Waals surface area contributed by atoms with Crippen LogP contribution >= 0.6 is 27.3 Å². The van der Waals surface area contributed by atoms with Crippen LogP contribution in [0.4, 0.5) is 10.5 Å². The summed E-state index contributed by atoms with van der Waals surface area (Å²) < 4.78 is 1.06. The Morgan fingerprint density at radius 3 is 2.52 bits per heavy atom. The van der Waals surface area contributed by atoms with Gasteiger partial charge in [-0.05, 0) is 57.1 Å². The zero-order valence-corrected chi connectivity index (χ0v) is 16.7. The fourth-order valence-electron chi connectivity index (χ4n) is 2.22. The van der Waals surface area contributed by atoms with Crippen molar-refractivity contribution in [1.82, 2.24) is 10.2 Å². The van der Waals surface area contributed by atoms with Crippen LogP contribution in [-0.2, 0) is 17.8 Å². The van der Waals surface area contributed by atoms with E-state index < -0.39 is 0 Å². The minimum atomic E-state index is -0.215. The summed E-state index contributed by atoms with van der Waals surface area (Å²) in [5.41, 5.74) is 2.74. The van der Waals surface area contributed by atoms with Crippen LogP contribution in [0.1, 0.15) is 24.5 Å². The molecule has 0 bridgehead atoms. The fraction of sp³-hybridized carbons (Fsp3) is 0.333. The summed E-state index contributed by atoms with van der Waals surface area (Å²) in [5, 5.41) is 7.56. The molecule has 5 nitrogen and oxygen atoms in total. The number of thiophene rings is 1. The zero-order valence-electron chi connectivity index (χ0n) is 14.3. The van der Waals surface area contributed by atoms with Crippen LogP contribution in [0.2, 0.25) is 0 Å². The van der Waals surface area contributed by atoms with Gasteiger partial charge < -0.3 is 15.5 Å². The molecule has 2 N–H and O–H groups in total. The number of hydrogen-bond donors (Lipinski definition) is 2. The number of urea groups is 1. The van der Waals surface area contributed by atoms with Crippen molar-refractivity contribution in [3.63, 3.8) is 0 Å². The van der Waals surface area contributed by atoms with Crippen molar-refractivity contribution < 1.29 is 9.59 Å². The molecule has 1 aromatic carbocycles. The van der Waals surface area contributed by atoms with Crippen molar-refractivity contribution in [3.05, 3.63) is 50.6 Å². The van der Waals surface area contributed by atoms with E-state index in [0.29, 0.717) is 25.2 Å². The normalized spacial score (nSPS) is 10.4. The first kappa shape index (κ1) is 19.5. The van der Waals surface area contributed by atoms with Crippen LogP contribution in [0.5, 0.6) is 0 Å². The average molecular weight is 424 g/mol. The fourth-order valence-corrected chi connectivity index (χ4v) is 3.42. The Balaban J connectivity index is 1.85. The lowest BCUT2D eigenvalue weighted by Gasteiger charge is -2.16. The molecule has 25 heavy (non-hydrogen) atoms. The molecule has 0 radical (unpaired) electrons. The van der Waals surface area contributed by atoms with Gasteiger partial charge in [-0.15, -0.1) is 11.3 Å². The van der Waals surface area contributed by atoms with E-state index in [0.717, 1.165) is 21.3 Å². The molecule has 0 aliphatic carbocycles. The molecule has 0 spiro atoms. The zero-order chi connectivity index (χ0) is 18.2. The number of rotatable bonds is 7. The molecule has 0 saturated carbocycles. The summed E-state index contributed by atoms with van der Waals surface area (Å²) in [7, 11) is 1.81. The standard InChI is InChI=1S/C18H22BrN3O2S/c1-3-8-20-18(24)21-15-6-4-13(5-7-15)10-17(23)22(2)11-14-9-16(19)25-12-14/h4-7,9,12H,3,8,10-11H2,1-2H3,(H2,20,21,24). The number of amides is 3. The van der Waals surface area contributed by atoms with E-state index in [1.165, 1.54) is 0 Å². The number of likely N-dealkylation sites (N-methyl/N-ethyl adjacent to an activating group) is 1. The molecule has 0 saturated heterocycles. The Bertz CT molecular complexity index is 715. The van der Waals surface area contributed by atoms with Crippen molar-refractivity contribution in [3.8, 4) is 0 Å². The van der Waals surface area contributed by atoms with Gasteiger partial charge in [0.1, 0.15) is 0 Å². The monoisotopic (exact) mass is 423 g/mol. The van der Waals surface area contributed by atoms with Gasteiger partial charge in [-0.1, -0.05) is 19.1 Å². The van der Waals surface area contributed by atoms with Crippen LogP contribution in [0, 0.1) is 0 Å². The van der Waals surface area contributed by atoms with Crippen LogP contribution in [-0.4, -0.2) is 30.4 Å². The maximum Gasteiger partial charge on any atom is 0.319 e. The summed E-state index contributed by atoms with van der Waals surface area (Å²) in [4.78, 5) is 25.7. The number of hydrogen-bond acceptors (Lipinski definition) is 3. The number of carbonyl (C=O) groups is 2. The molecule has 0 fully saturated rings. The number of nitrogens with zero attached hydrogens (tertiary/aromatic N) is 1. The lowest BCUT2D eigenvalue weighted by atomic mass is 10.1. The third kappa shape index (κ3) is 6.51. The van der Waals surface area contributed by atoms with Gasteiger partial charge in [0.05, 0.1) is 10.2 Å². The Labute approximate surface area is 160 Å². The molecule has 0 aliphatic heterocycles. The lowest BCUT2D eigenvalue weighted by Crippen LogP contribution is -2.29. The van der Waals surface area contributed by atoms with E-state index >= 15 is 0 Å². The van der Waals surface area contributed by atoms with Gasteiger partial charge in [0, 0.05) is 25.8 Å². The third-order valence-electron chi connectivity index (χ3n) is 3.57. The van der Waals surface area contributed by atoms with Crippen LogP contribution < -0.4 is 10.6 Å². The van der Waals surface area contributed by atoms with Gasteiger partial charge in [-0.2, -0.15) is 0 Å². The number of carbonyl (C=O) groups excluding carboxylic acids is 2. The first-order chi connectivity index (χ1) is 12.0. The molecule has 0 aliphatic rings. The molecular formula is C18H22BrN3O2S. The number of halogens is 1. The Morgan fingerprint density at radius 2 is 1.92 bits per heavy atom. The highest BCUT2D eigenvalue weighted by atomic mass is 79.9. The minimum absolute atomic E-state index is 0.0590. The highest BCUT2D eigenvalue weighted by Crippen LogP contribution is 2.21. The van der Waals surface area contributed by atoms with Gasteiger partial charge in [0.25, 0.3) is 0 Å². The first-order valence-corrected chi connectivity index (χ1v) is 9.76. The molecule has 1 heterocycles. The molecule has 3 amide bonds. The first-order valence-electron chi connectivity index (χ1n) is 8.08. The second kappa shape index (κ2) is 9.58. The van der Waals surface area contributed by atoms with E-state index in [2.05, 4.69) is 26.6 Å². The van der Waals surface area contributed by atoms with Gasteiger partial charge >= 0.3 is 6.03 Å². The summed E-state index contributed by atoms with van der Waals surface area (Å²) in [6.45, 7) is 3.24. The molecule has 2 rings (SSSR count).